The smallest absolute Gasteiger partial charge is 0.261 e. The molecule has 1 heterocycles. The molecule has 148 valence electrons. The third-order valence-corrected chi connectivity index (χ3v) is 4.42. The van der Waals surface area contributed by atoms with Crippen LogP contribution in [0, 0.1) is 27.4 Å². The minimum absolute atomic E-state index is 0.0447. The summed E-state index contributed by atoms with van der Waals surface area (Å²) < 4.78 is 0.113. The number of ketones is 1. The van der Waals surface area contributed by atoms with Gasteiger partial charge in [-0.15, -0.1) is 0 Å². The largest absolute Gasteiger partial charge is 0.321 e. The number of aromatic amines is 1. The Balaban J connectivity index is 2.06. The number of nitrogens with zero attached hydrogens (tertiary/aromatic N) is 5. The van der Waals surface area contributed by atoms with Crippen LogP contribution in [0.25, 0.3) is 0 Å². The number of nitrogens with two attached hydrogens (primary N) is 1. The van der Waals surface area contributed by atoms with E-state index in [9.17, 15) is 15.3 Å². The summed E-state index contributed by atoms with van der Waals surface area (Å²) in [6.07, 6.45) is 0. The van der Waals surface area contributed by atoms with Crippen molar-refractivity contribution in [2.45, 2.75) is 11.8 Å². The first-order valence-electron chi connectivity index (χ1n) is 8.76. The van der Waals surface area contributed by atoms with Crippen LogP contribution in [-0.2, 0) is 4.79 Å². The standard InChI is InChI=1S/C20H16N8OS/c21-11-15(13-7-3-1-4-8-13)17(25-26-19-24-20(30)27-28(19)23)18(29)16(12-22)14-9-5-2-6-10-14/h1-10,15-16H,23H2,(H2,24,26,27,30)/b25-17-. The summed E-state index contributed by atoms with van der Waals surface area (Å²) in [6, 6.07) is 21.4. The minimum Gasteiger partial charge on any atom is -0.321 e. The molecule has 0 spiro atoms. The van der Waals surface area contributed by atoms with Gasteiger partial charge in [0.1, 0.15) is 17.5 Å². The number of anilines is 1. The van der Waals surface area contributed by atoms with Crippen molar-refractivity contribution in [3.05, 3.63) is 76.6 Å². The van der Waals surface area contributed by atoms with Gasteiger partial charge in [0.25, 0.3) is 5.95 Å². The second-order valence-corrected chi connectivity index (χ2v) is 6.53. The Hall–Kier alpha value is -4.28. The Bertz CT molecular complexity index is 1200. The van der Waals surface area contributed by atoms with E-state index < -0.39 is 17.6 Å². The van der Waals surface area contributed by atoms with Crippen LogP contribution in [0.5, 0.6) is 0 Å². The molecule has 0 aliphatic carbocycles. The molecule has 4 N–H and O–H groups in total. The van der Waals surface area contributed by atoms with E-state index in [4.69, 9.17) is 18.1 Å². The molecule has 0 bridgehead atoms. The molecular formula is C20H16N8OS. The molecule has 2 unspecified atom stereocenters. The third-order valence-electron chi connectivity index (χ3n) is 4.24. The zero-order chi connectivity index (χ0) is 21.5. The number of Topliss-reactive ketones (excluding diaryl/α,β-unsaturated/α-hetero) is 1. The molecule has 0 amide bonds. The van der Waals surface area contributed by atoms with Crippen LogP contribution in [0.15, 0.2) is 65.8 Å². The number of H-pyrrole nitrogens is 1. The van der Waals surface area contributed by atoms with Crippen LogP contribution in [-0.4, -0.2) is 26.4 Å². The van der Waals surface area contributed by atoms with E-state index in [2.05, 4.69) is 26.7 Å². The first-order chi connectivity index (χ1) is 14.5. The molecule has 3 rings (SSSR count). The van der Waals surface area contributed by atoms with Gasteiger partial charge in [-0.1, -0.05) is 60.7 Å². The predicted molar refractivity (Wildman–Crippen MR) is 113 cm³/mol. The molecule has 30 heavy (non-hydrogen) atoms. The van der Waals surface area contributed by atoms with E-state index in [1.54, 1.807) is 60.7 Å². The number of hydrogen-bond acceptors (Lipinski definition) is 8. The number of benzene rings is 2. The number of aromatic nitrogens is 3. The van der Waals surface area contributed by atoms with Crippen molar-refractivity contribution < 1.29 is 4.79 Å². The lowest BCUT2D eigenvalue weighted by Gasteiger charge is -2.15. The second kappa shape index (κ2) is 9.28. The lowest BCUT2D eigenvalue weighted by atomic mass is 9.86. The van der Waals surface area contributed by atoms with E-state index in [1.807, 2.05) is 6.07 Å². The summed E-state index contributed by atoms with van der Waals surface area (Å²) in [7, 11) is 0. The highest BCUT2D eigenvalue weighted by Gasteiger charge is 2.32. The van der Waals surface area contributed by atoms with E-state index in [0.717, 1.165) is 4.79 Å². The number of nitriles is 2. The van der Waals surface area contributed by atoms with E-state index in [-0.39, 0.29) is 16.4 Å². The topological polar surface area (TPSA) is 149 Å². The first kappa shape index (κ1) is 20.5. The number of nitrogen functional groups attached to an aromatic ring is 1. The molecule has 0 aliphatic heterocycles. The molecule has 1 aromatic heterocycles. The summed E-state index contributed by atoms with van der Waals surface area (Å²) in [6.45, 7) is 0. The van der Waals surface area contributed by atoms with Gasteiger partial charge in [0.2, 0.25) is 10.6 Å². The fourth-order valence-corrected chi connectivity index (χ4v) is 2.98. The molecule has 2 aromatic carbocycles. The number of hydrazone groups is 1. The highest BCUT2D eigenvalue weighted by Crippen LogP contribution is 2.24. The van der Waals surface area contributed by atoms with Crippen LogP contribution >= 0.6 is 12.2 Å². The van der Waals surface area contributed by atoms with E-state index in [1.165, 1.54) is 0 Å². The summed E-state index contributed by atoms with van der Waals surface area (Å²) in [5.74, 6) is 2.99. The fraction of sp³-hybridized carbons (Fsp3) is 0.100. The normalized spacial score (nSPS) is 12.9. The van der Waals surface area contributed by atoms with Crippen molar-refractivity contribution in [1.82, 2.24) is 14.9 Å². The summed E-state index contributed by atoms with van der Waals surface area (Å²) in [5.41, 5.74) is 3.48. The van der Waals surface area contributed by atoms with Gasteiger partial charge in [-0.2, -0.15) is 25.4 Å². The van der Waals surface area contributed by atoms with Crippen LogP contribution in [0.4, 0.5) is 5.95 Å². The maximum Gasteiger partial charge on any atom is 0.261 e. The molecule has 2 atom stereocenters. The van der Waals surface area contributed by atoms with Crippen molar-refractivity contribution >= 4 is 29.7 Å². The van der Waals surface area contributed by atoms with Crippen LogP contribution in [0.1, 0.15) is 23.0 Å². The van der Waals surface area contributed by atoms with Gasteiger partial charge in [0, 0.05) is 0 Å². The molecule has 0 fully saturated rings. The molecule has 0 radical (unpaired) electrons. The number of rotatable bonds is 7. The van der Waals surface area contributed by atoms with Gasteiger partial charge in [0.05, 0.1) is 12.1 Å². The zero-order valence-electron chi connectivity index (χ0n) is 15.6. The highest BCUT2D eigenvalue weighted by molar-refractivity contribution is 7.71. The predicted octanol–water partition coefficient (Wildman–Crippen LogP) is 2.61. The van der Waals surface area contributed by atoms with Gasteiger partial charge < -0.3 is 5.84 Å². The highest BCUT2D eigenvalue weighted by atomic mass is 32.1. The van der Waals surface area contributed by atoms with Crippen molar-refractivity contribution in [3.8, 4) is 12.1 Å². The average molecular weight is 416 g/mol. The number of hydrogen-bond donors (Lipinski definition) is 3. The summed E-state index contributed by atoms with van der Waals surface area (Å²) >= 11 is 4.91. The second-order valence-electron chi connectivity index (χ2n) is 6.14. The number of carbonyl (C=O) groups is 1. The van der Waals surface area contributed by atoms with Crippen LogP contribution in [0.2, 0.25) is 0 Å². The minimum atomic E-state index is -1.13. The first-order valence-corrected chi connectivity index (χ1v) is 9.17. The van der Waals surface area contributed by atoms with E-state index >= 15 is 0 Å². The lowest BCUT2D eigenvalue weighted by molar-refractivity contribution is -0.113. The molecule has 9 nitrogen and oxygen atoms in total. The number of carbonyl (C=O) groups excluding carboxylic acids is 1. The Morgan fingerprint density at radius 3 is 2.07 bits per heavy atom. The Labute approximate surface area is 177 Å². The van der Waals surface area contributed by atoms with Crippen LogP contribution < -0.4 is 11.3 Å². The Kier molecular flexibility index (Phi) is 6.33. The molecular weight excluding hydrogens is 400 g/mol. The molecule has 0 saturated heterocycles. The van der Waals surface area contributed by atoms with E-state index in [0.29, 0.717) is 11.1 Å². The van der Waals surface area contributed by atoms with Crippen molar-refractivity contribution in [1.29, 1.82) is 10.5 Å². The molecule has 10 heteroatoms. The zero-order valence-corrected chi connectivity index (χ0v) is 16.4. The summed E-state index contributed by atoms with van der Waals surface area (Å²) in [5, 5.41) is 26.2. The Morgan fingerprint density at radius 1 is 1.07 bits per heavy atom. The average Bonchev–Trinajstić information content (AvgIpc) is 3.09. The van der Waals surface area contributed by atoms with Gasteiger partial charge in [0.15, 0.2) is 0 Å². The monoisotopic (exact) mass is 416 g/mol. The molecule has 0 aliphatic rings. The van der Waals surface area contributed by atoms with Crippen LogP contribution in [0.3, 0.4) is 0 Å². The third kappa shape index (κ3) is 4.41. The number of nitrogens with one attached hydrogen (secondary N) is 2. The van der Waals surface area contributed by atoms with Crippen molar-refractivity contribution in [3.63, 3.8) is 0 Å². The summed E-state index contributed by atoms with van der Waals surface area (Å²) in [4.78, 5) is 18.3. The SMILES string of the molecule is N#CC(C(=O)/C(=N\Nc1nc(=S)[nH]n1N)C(C#N)c1ccccc1)c1ccccc1. The van der Waals surface area contributed by atoms with Gasteiger partial charge >= 0.3 is 0 Å². The lowest BCUT2D eigenvalue weighted by Crippen LogP contribution is -2.28. The van der Waals surface area contributed by atoms with Gasteiger partial charge in [-0.3, -0.25) is 9.89 Å². The fourth-order valence-electron chi connectivity index (χ4n) is 2.80. The van der Waals surface area contributed by atoms with Crippen molar-refractivity contribution in [2.24, 2.45) is 5.10 Å². The molecule has 0 saturated carbocycles. The maximum absolute atomic E-state index is 13.3. The Morgan fingerprint density at radius 2 is 1.60 bits per heavy atom. The van der Waals surface area contributed by atoms with Gasteiger partial charge in [-0.05, 0) is 23.3 Å². The van der Waals surface area contributed by atoms with Crippen molar-refractivity contribution in [2.75, 3.05) is 11.3 Å². The quantitative estimate of drug-likeness (QED) is 0.232. The molecule has 3 aromatic rings. The van der Waals surface area contributed by atoms with Gasteiger partial charge in [-0.25, -0.2) is 5.43 Å². The maximum atomic E-state index is 13.3.